The number of hydrogen-bond donors (Lipinski definition) is 1. The molecule has 1 aromatic carbocycles. The van der Waals surface area contributed by atoms with Crippen LogP contribution in [0.1, 0.15) is 11.1 Å². The van der Waals surface area contributed by atoms with Crippen molar-refractivity contribution in [3.05, 3.63) is 33.9 Å². The van der Waals surface area contributed by atoms with E-state index in [0.29, 0.717) is 16.6 Å². The SMILES string of the molecule is Nc1c(Br)cc(F)c2c1C[CH+]C2. The second-order valence-electron chi connectivity index (χ2n) is 2.91. The molecule has 1 aliphatic carbocycles. The second-order valence-corrected chi connectivity index (χ2v) is 3.76. The summed E-state index contributed by atoms with van der Waals surface area (Å²) < 4.78 is 13.9. The first-order valence-corrected chi connectivity index (χ1v) is 4.56. The van der Waals surface area contributed by atoms with Gasteiger partial charge in [0.05, 0.1) is 12.1 Å². The molecule has 0 unspecified atom stereocenters. The van der Waals surface area contributed by atoms with Crippen LogP contribution in [0.3, 0.4) is 0 Å². The third kappa shape index (κ3) is 1.00. The lowest BCUT2D eigenvalue weighted by atomic mass is 10.1. The molecule has 1 nitrogen and oxygen atoms in total. The fourth-order valence-corrected chi connectivity index (χ4v) is 1.98. The number of nitrogens with two attached hydrogens (primary N) is 1. The molecule has 0 radical (unpaired) electrons. The standard InChI is InChI=1S/C9H8BrFN/c10-7-4-8(11)5-2-1-3-6(5)9(7)12/h1,4H,2-3,12H2/q+1. The van der Waals surface area contributed by atoms with E-state index in [0.717, 1.165) is 17.5 Å². The minimum atomic E-state index is -0.153. The van der Waals surface area contributed by atoms with E-state index in [4.69, 9.17) is 5.73 Å². The lowest BCUT2D eigenvalue weighted by Gasteiger charge is -2.03. The summed E-state index contributed by atoms with van der Waals surface area (Å²) in [5.74, 6) is -0.153. The molecule has 0 heterocycles. The van der Waals surface area contributed by atoms with E-state index < -0.39 is 0 Å². The number of rotatable bonds is 0. The summed E-state index contributed by atoms with van der Waals surface area (Å²) in [6.45, 7) is 0. The van der Waals surface area contributed by atoms with Crippen molar-refractivity contribution in [2.75, 3.05) is 5.73 Å². The molecular formula is C9H8BrFN+. The maximum Gasteiger partial charge on any atom is 0.132 e. The number of anilines is 1. The van der Waals surface area contributed by atoms with Gasteiger partial charge in [-0.25, -0.2) is 4.39 Å². The molecule has 0 amide bonds. The molecule has 0 saturated carbocycles. The van der Waals surface area contributed by atoms with Gasteiger partial charge in [-0.05, 0) is 22.0 Å². The lowest BCUT2D eigenvalue weighted by molar-refractivity contribution is 0.614. The van der Waals surface area contributed by atoms with Crippen LogP contribution in [0.2, 0.25) is 0 Å². The van der Waals surface area contributed by atoms with Crippen molar-refractivity contribution < 1.29 is 4.39 Å². The van der Waals surface area contributed by atoms with Crippen LogP contribution in [0.4, 0.5) is 10.1 Å². The third-order valence-corrected chi connectivity index (χ3v) is 2.84. The van der Waals surface area contributed by atoms with E-state index in [2.05, 4.69) is 15.9 Å². The summed E-state index contributed by atoms with van der Waals surface area (Å²) in [5, 5.41) is 0. The van der Waals surface area contributed by atoms with E-state index in [-0.39, 0.29) is 5.82 Å². The Morgan fingerprint density at radius 1 is 1.42 bits per heavy atom. The zero-order valence-corrected chi connectivity index (χ0v) is 7.99. The highest BCUT2D eigenvalue weighted by atomic mass is 79.9. The van der Waals surface area contributed by atoms with Crippen LogP contribution < -0.4 is 5.73 Å². The van der Waals surface area contributed by atoms with Gasteiger partial charge in [0, 0.05) is 15.6 Å². The van der Waals surface area contributed by atoms with E-state index in [1.54, 1.807) is 0 Å². The van der Waals surface area contributed by atoms with Crippen LogP contribution in [0, 0.1) is 12.2 Å². The highest BCUT2D eigenvalue weighted by Crippen LogP contribution is 2.34. The van der Waals surface area contributed by atoms with Gasteiger partial charge in [-0.15, -0.1) is 0 Å². The van der Waals surface area contributed by atoms with Crippen LogP contribution >= 0.6 is 15.9 Å². The lowest BCUT2D eigenvalue weighted by Crippen LogP contribution is -1.97. The minimum absolute atomic E-state index is 0.153. The fourth-order valence-electron chi connectivity index (χ4n) is 1.54. The summed E-state index contributed by atoms with van der Waals surface area (Å²) in [4.78, 5) is 0. The van der Waals surface area contributed by atoms with Crippen LogP contribution in [0.25, 0.3) is 0 Å². The smallest absolute Gasteiger partial charge is 0.132 e. The first-order valence-electron chi connectivity index (χ1n) is 3.77. The minimum Gasteiger partial charge on any atom is -0.397 e. The summed E-state index contributed by atoms with van der Waals surface area (Å²) in [5.41, 5.74) is 8.16. The van der Waals surface area contributed by atoms with Gasteiger partial charge in [0.1, 0.15) is 18.7 Å². The Hall–Kier alpha value is -0.700. The molecule has 0 saturated heterocycles. The Morgan fingerprint density at radius 3 is 2.83 bits per heavy atom. The van der Waals surface area contributed by atoms with Gasteiger partial charge in [-0.1, -0.05) is 0 Å². The number of hydrogen-bond acceptors (Lipinski definition) is 1. The monoisotopic (exact) mass is 228 g/mol. The molecule has 1 aliphatic rings. The van der Waals surface area contributed by atoms with Crippen LogP contribution in [-0.4, -0.2) is 0 Å². The van der Waals surface area contributed by atoms with E-state index in [1.807, 2.05) is 6.42 Å². The summed E-state index contributed by atoms with van der Waals surface area (Å²) in [6, 6.07) is 1.44. The molecule has 2 rings (SSSR count). The summed E-state index contributed by atoms with van der Waals surface area (Å²) >= 11 is 3.22. The van der Waals surface area contributed by atoms with Gasteiger partial charge in [0.15, 0.2) is 0 Å². The van der Waals surface area contributed by atoms with Gasteiger partial charge < -0.3 is 5.73 Å². The van der Waals surface area contributed by atoms with E-state index in [9.17, 15) is 4.39 Å². The third-order valence-electron chi connectivity index (χ3n) is 2.19. The number of benzene rings is 1. The van der Waals surface area contributed by atoms with Gasteiger partial charge in [0.2, 0.25) is 0 Å². The normalized spacial score (nSPS) is 14.2. The molecule has 0 aromatic heterocycles. The molecule has 62 valence electrons. The summed E-state index contributed by atoms with van der Waals surface area (Å²) in [7, 11) is 0. The zero-order valence-electron chi connectivity index (χ0n) is 6.40. The Balaban J connectivity index is 2.69. The van der Waals surface area contributed by atoms with Crippen molar-refractivity contribution in [3.8, 4) is 0 Å². The maximum absolute atomic E-state index is 13.2. The highest BCUT2D eigenvalue weighted by molar-refractivity contribution is 9.10. The molecule has 0 atom stereocenters. The number of fused-ring (bicyclic) bond motifs is 1. The van der Waals surface area contributed by atoms with Crippen LogP contribution in [0.5, 0.6) is 0 Å². The molecule has 1 aromatic rings. The quantitative estimate of drug-likeness (QED) is 0.536. The average molecular weight is 229 g/mol. The van der Waals surface area contributed by atoms with E-state index >= 15 is 0 Å². The fraction of sp³-hybridized carbons (Fsp3) is 0.222. The molecular weight excluding hydrogens is 221 g/mol. The van der Waals surface area contributed by atoms with Gasteiger partial charge in [0.25, 0.3) is 0 Å². The maximum atomic E-state index is 13.2. The Morgan fingerprint density at radius 2 is 2.08 bits per heavy atom. The molecule has 3 heteroatoms. The van der Waals surface area contributed by atoms with Crippen LogP contribution in [-0.2, 0) is 12.8 Å². The van der Waals surface area contributed by atoms with Crippen molar-refractivity contribution in [3.63, 3.8) is 0 Å². The van der Waals surface area contributed by atoms with Gasteiger partial charge in [-0.2, -0.15) is 0 Å². The topological polar surface area (TPSA) is 26.0 Å². The first-order chi connectivity index (χ1) is 5.70. The molecule has 0 spiro atoms. The Bertz CT molecular complexity index is 336. The van der Waals surface area contributed by atoms with Gasteiger partial charge >= 0.3 is 0 Å². The number of halogens is 2. The Kier molecular flexibility index (Phi) is 1.76. The predicted molar refractivity (Wildman–Crippen MR) is 50.2 cm³/mol. The van der Waals surface area contributed by atoms with Crippen molar-refractivity contribution >= 4 is 21.6 Å². The van der Waals surface area contributed by atoms with Crippen molar-refractivity contribution in [1.82, 2.24) is 0 Å². The average Bonchev–Trinajstić information content (AvgIpc) is 2.48. The molecule has 0 aliphatic heterocycles. The van der Waals surface area contributed by atoms with Gasteiger partial charge in [-0.3, -0.25) is 0 Å². The first kappa shape index (κ1) is 7.92. The largest absolute Gasteiger partial charge is 0.397 e. The number of nitrogen functional groups attached to an aromatic ring is 1. The van der Waals surface area contributed by atoms with E-state index in [1.165, 1.54) is 6.07 Å². The zero-order chi connectivity index (χ0) is 8.72. The predicted octanol–water partition coefficient (Wildman–Crippen LogP) is 2.47. The van der Waals surface area contributed by atoms with Crippen LogP contribution in [0.15, 0.2) is 10.5 Å². The van der Waals surface area contributed by atoms with Crippen molar-refractivity contribution in [2.45, 2.75) is 12.8 Å². The van der Waals surface area contributed by atoms with Crippen molar-refractivity contribution in [2.24, 2.45) is 0 Å². The Labute approximate surface area is 78.9 Å². The summed E-state index contributed by atoms with van der Waals surface area (Å²) in [6.07, 6.45) is 3.53. The molecule has 0 bridgehead atoms. The second kappa shape index (κ2) is 2.66. The highest BCUT2D eigenvalue weighted by Gasteiger charge is 2.25. The molecule has 2 N–H and O–H groups in total. The van der Waals surface area contributed by atoms with Crippen molar-refractivity contribution in [1.29, 1.82) is 0 Å². The molecule has 0 fully saturated rings. The molecule has 12 heavy (non-hydrogen) atoms.